The SMILES string of the molecule is COC(=O)CCC(=O)O[C@@H]1[C@H](C)C2O[C@H]1[C@]1(C(=O)OC)[C@@H]3OC([C@@H](OC(C)=O)[C@H]3OC(c3ccccc3)(c3ccc(OC)cc3)c3ccc(OC)cc3)[C@]21C(=O)OC.COC(=O)CCC(=O)O[C@@H]1[C@H](C)C2O[C@H]1[C@]1(C(=O)OC)[C@@H]3OC([C@@H](OC(c4ccccc4)(c4ccc(OC)cc4)c4ccc(OC)cc4)[C@H]3OC(C)=O)[C@]21C(=O)OC. The highest BCUT2D eigenvalue weighted by atomic mass is 16.7. The van der Waals surface area contributed by atoms with Crippen molar-refractivity contribution in [3.63, 3.8) is 0 Å². The molecule has 616 valence electrons. The standard InChI is InChI=1S/2C43H46O15/c1-23-32(55-31(46)22-21-30(45)51-5)36-42(40(48)53-7)37-33(54-24(2)44)34(38(57-37)41(42,35(23)56-36)39(47)52-6)58-43(25-11-9-8-10-12-25,26-13-17-28(49-3)18-14-26)27-15-19-29(50-4)20-16-27;1-23-32(55-31(46)22-21-30(45)51-5)36-42(40(48)53-7)38-34(33(54-24(2)44)37(57-38)41(42,35(23)56-36)39(47)52-6)58-43(25-11-9-8-10-12-25,26-13-17-28(49-3)18-14-26)27-15-19-29(50-4)20-16-27/h2*8-20,23,32-38H,21-22H2,1-7H3/t23-,32+,33+,34-,35?,36+,37+,38?,41-,42+;23-,32+,33-,34+,35?,36+,37?,38+,41-,42+/m00/s1. The highest BCUT2D eigenvalue weighted by Gasteiger charge is 2.96. The molecule has 8 bridgehead atoms. The molecule has 8 saturated heterocycles. The fourth-order valence-electron chi connectivity index (χ4n) is 19.7. The minimum Gasteiger partial charge on any atom is -0.497 e. The molecule has 8 fully saturated rings. The van der Waals surface area contributed by atoms with Gasteiger partial charge in [-0.1, -0.05) is 123 Å². The molecule has 0 spiro atoms. The Labute approximate surface area is 668 Å². The molecule has 6 aromatic rings. The van der Waals surface area contributed by atoms with Crippen LogP contribution in [0.4, 0.5) is 0 Å². The third-order valence-corrected chi connectivity index (χ3v) is 24.3. The molecule has 14 rings (SSSR count). The zero-order valence-corrected chi connectivity index (χ0v) is 66.3. The quantitative estimate of drug-likeness (QED) is 0.0262. The second-order valence-electron chi connectivity index (χ2n) is 29.5. The van der Waals surface area contributed by atoms with E-state index < -0.39 is 190 Å². The molecule has 6 aromatic carbocycles. The van der Waals surface area contributed by atoms with Crippen molar-refractivity contribution in [2.75, 3.05) is 71.1 Å². The summed E-state index contributed by atoms with van der Waals surface area (Å²) in [6, 6.07) is 47.7. The van der Waals surface area contributed by atoms with E-state index in [4.69, 9.17) is 90.0 Å². The van der Waals surface area contributed by atoms with Gasteiger partial charge in [-0.25, -0.2) is 0 Å². The van der Waals surface area contributed by atoms with Gasteiger partial charge >= 0.3 is 59.7 Å². The molecule has 0 N–H and O–H groups in total. The Kier molecular flexibility index (Phi) is 23.5. The van der Waals surface area contributed by atoms with Crippen LogP contribution in [0, 0.1) is 33.5 Å². The second kappa shape index (κ2) is 32.9. The Bertz CT molecular complexity index is 4560. The van der Waals surface area contributed by atoms with Crippen molar-refractivity contribution in [2.45, 2.75) is 150 Å². The van der Waals surface area contributed by atoms with Crippen molar-refractivity contribution in [3.05, 3.63) is 191 Å². The van der Waals surface area contributed by atoms with Crippen LogP contribution in [0.15, 0.2) is 158 Å². The number of methoxy groups -OCH3 is 10. The summed E-state index contributed by atoms with van der Waals surface area (Å²) in [5.41, 5.74) is -7.27. The lowest BCUT2D eigenvalue weighted by atomic mass is 9.46. The highest BCUT2D eigenvalue weighted by Crippen LogP contribution is 2.77. The number of hydrogen-bond acceptors (Lipinski definition) is 30. The lowest BCUT2D eigenvalue weighted by Crippen LogP contribution is -2.75. The zero-order valence-electron chi connectivity index (χ0n) is 66.3. The van der Waals surface area contributed by atoms with Crippen molar-refractivity contribution in [3.8, 4) is 23.0 Å². The fraction of sp³-hybridized carbons (Fsp3) is 0.465. The van der Waals surface area contributed by atoms with Gasteiger partial charge in [0.1, 0.15) is 117 Å². The molecule has 4 unspecified atom stereocenters. The number of fused-ring (bicyclic) bond motifs is 18. The molecule has 0 aliphatic carbocycles. The summed E-state index contributed by atoms with van der Waals surface area (Å²) in [6.07, 6.45) is -19.2. The first-order valence-corrected chi connectivity index (χ1v) is 37.7. The number of ether oxygens (including phenoxy) is 20. The van der Waals surface area contributed by atoms with Crippen molar-refractivity contribution < 1.29 is 143 Å². The van der Waals surface area contributed by atoms with Crippen molar-refractivity contribution in [2.24, 2.45) is 33.5 Å². The Hall–Kier alpha value is -11.0. The summed E-state index contributed by atoms with van der Waals surface area (Å²) in [4.78, 5) is 135. The number of benzene rings is 6. The second-order valence-corrected chi connectivity index (χ2v) is 29.5. The van der Waals surface area contributed by atoms with Crippen molar-refractivity contribution >= 4 is 59.7 Å². The van der Waals surface area contributed by atoms with Crippen LogP contribution in [0.2, 0.25) is 0 Å². The monoisotopic (exact) mass is 1600 g/mol. The van der Waals surface area contributed by atoms with Gasteiger partial charge in [-0.05, 0) is 81.9 Å². The summed E-state index contributed by atoms with van der Waals surface area (Å²) in [5.74, 6) is -6.81. The Morgan fingerprint density at radius 1 is 0.284 bits per heavy atom. The maximum absolute atomic E-state index is 14.8. The molecule has 0 saturated carbocycles. The van der Waals surface area contributed by atoms with E-state index in [1.54, 1.807) is 90.8 Å². The number of carbonyl (C=O) groups excluding carboxylic acids is 10. The Morgan fingerprint density at radius 2 is 0.517 bits per heavy atom. The summed E-state index contributed by atoms with van der Waals surface area (Å²) in [6.45, 7) is 5.87. The van der Waals surface area contributed by atoms with Crippen molar-refractivity contribution in [1.29, 1.82) is 0 Å². The smallest absolute Gasteiger partial charge is 0.318 e. The predicted molar refractivity (Wildman–Crippen MR) is 399 cm³/mol. The largest absolute Gasteiger partial charge is 0.497 e. The molecular formula is C86H92O30. The van der Waals surface area contributed by atoms with Gasteiger partial charge in [0.25, 0.3) is 0 Å². The summed E-state index contributed by atoms with van der Waals surface area (Å²) in [7, 11) is 13.3. The highest BCUT2D eigenvalue weighted by molar-refractivity contribution is 5.96. The molecular weight excluding hydrogens is 1510 g/mol. The van der Waals surface area contributed by atoms with Gasteiger partial charge in [0.15, 0.2) is 12.2 Å². The van der Waals surface area contributed by atoms with E-state index in [9.17, 15) is 47.9 Å². The average molecular weight is 1610 g/mol. The predicted octanol–water partition coefficient (Wildman–Crippen LogP) is 7.39. The number of rotatable bonds is 28. The number of carbonyl (C=O) groups is 10. The molecule has 30 nitrogen and oxygen atoms in total. The van der Waals surface area contributed by atoms with E-state index in [1.807, 2.05) is 109 Å². The minimum absolute atomic E-state index is 0.244. The lowest BCUT2D eigenvalue weighted by molar-refractivity contribution is -0.217. The molecule has 0 amide bonds. The van der Waals surface area contributed by atoms with Gasteiger partial charge in [0.2, 0.25) is 0 Å². The zero-order chi connectivity index (χ0) is 83.1. The molecule has 116 heavy (non-hydrogen) atoms. The van der Waals surface area contributed by atoms with E-state index in [1.165, 1.54) is 49.4 Å². The van der Waals surface area contributed by atoms with Gasteiger partial charge in [0.05, 0.1) is 109 Å². The average Bonchev–Trinajstić information content (AvgIpc) is 1.46. The number of hydrogen-bond donors (Lipinski definition) is 0. The first-order valence-electron chi connectivity index (χ1n) is 37.7. The van der Waals surface area contributed by atoms with Crippen LogP contribution in [0.1, 0.15) is 86.8 Å². The third-order valence-electron chi connectivity index (χ3n) is 24.3. The summed E-state index contributed by atoms with van der Waals surface area (Å²) in [5, 5.41) is 0. The molecule has 8 heterocycles. The van der Waals surface area contributed by atoms with Crippen LogP contribution >= 0.6 is 0 Å². The van der Waals surface area contributed by atoms with E-state index in [-0.39, 0.29) is 25.7 Å². The normalized spacial score (nSPS) is 30.2. The number of esters is 10. The fourth-order valence-corrected chi connectivity index (χ4v) is 19.7. The Balaban J connectivity index is 0.000000202. The first kappa shape index (κ1) is 82.9. The van der Waals surface area contributed by atoms with Gasteiger partial charge < -0.3 is 94.7 Å². The molecule has 20 atom stereocenters. The van der Waals surface area contributed by atoms with Crippen LogP contribution in [0.3, 0.4) is 0 Å². The topological polar surface area (TPSA) is 355 Å². The van der Waals surface area contributed by atoms with E-state index in [0.29, 0.717) is 56.4 Å². The van der Waals surface area contributed by atoms with Crippen molar-refractivity contribution in [1.82, 2.24) is 0 Å². The van der Waals surface area contributed by atoms with E-state index in [0.717, 1.165) is 7.11 Å². The molecule has 8 aliphatic heterocycles. The maximum atomic E-state index is 14.8. The van der Waals surface area contributed by atoms with Crippen LogP contribution in [0.5, 0.6) is 23.0 Å². The molecule has 30 heteroatoms. The minimum atomic E-state index is -2.08. The van der Waals surface area contributed by atoms with Gasteiger partial charge in [-0.2, -0.15) is 0 Å². The molecule has 8 aliphatic rings. The van der Waals surface area contributed by atoms with Gasteiger partial charge in [0, 0.05) is 25.7 Å². The molecule has 0 aromatic heterocycles. The van der Waals surface area contributed by atoms with Crippen LogP contribution in [0.25, 0.3) is 0 Å². The first-order chi connectivity index (χ1) is 55.8. The van der Waals surface area contributed by atoms with Gasteiger partial charge in [-0.15, -0.1) is 0 Å². The van der Waals surface area contributed by atoms with E-state index >= 15 is 0 Å². The van der Waals surface area contributed by atoms with E-state index in [2.05, 4.69) is 4.74 Å². The lowest BCUT2D eigenvalue weighted by Gasteiger charge is -2.53. The van der Waals surface area contributed by atoms with Crippen LogP contribution in [-0.2, 0) is 135 Å². The maximum Gasteiger partial charge on any atom is 0.318 e. The molecule has 0 radical (unpaired) electrons. The van der Waals surface area contributed by atoms with Crippen LogP contribution in [-0.4, -0.2) is 216 Å². The summed E-state index contributed by atoms with van der Waals surface area (Å²) >= 11 is 0. The Morgan fingerprint density at radius 3 is 0.767 bits per heavy atom. The third kappa shape index (κ3) is 12.6. The van der Waals surface area contributed by atoms with Gasteiger partial charge in [-0.3, -0.25) is 47.9 Å². The summed E-state index contributed by atoms with van der Waals surface area (Å²) < 4.78 is 119. The van der Waals surface area contributed by atoms with Crippen LogP contribution < -0.4 is 18.9 Å².